The Morgan fingerprint density at radius 2 is 1.82 bits per heavy atom. The van der Waals surface area contributed by atoms with Gasteiger partial charge in [0.15, 0.2) is 0 Å². The third-order valence-corrected chi connectivity index (χ3v) is 8.28. The van der Waals surface area contributed by atoms with Gasteiger partial charge in [0.05, 0.1) is 10.9 Å². The van der Waals surface area contributed by atoms with Crippen molar-refractivity contribution in [1.82, 2.24) is 14.5 Å². The Balaban J connectivity index is 1.57. The first-order valence-corrected chi connectivity index (χ1v) is 11.9. The largest absolute Gasteiger partial charge is 0.351 e. The molecule has 34 heavy (non-hydrogen) atoms. The molecule has 3 aromatic rings. The number of carbonyl (C=O) groups excluding carboxylic acids is 4. The fourth-order valence-corrected chi connectivity index (χ4v) is 7.03. The van der Waals surface area contributed by atoms with Gasteiger partial charge in [-0.25, -0.2) is 4.79 Å². The molecule has 1 aromatic carbocycles. The van der Waals surface area contributed by atoms with Crippen LogP contribution in [0.15, 0.2) is 64.7 Å². The zero-order valence-electron chi connectivity index (χ0n) is 17.4. The number of carbonyl (C=O) groups is 4. The molecular formula is C22H17N5O5S2. The van der Waals surface area contributed by atoms with Gasteiger partial charge in [-0.05, 0) is 23.8 Å². The molecule has 2 aromatic heterocycles. The smallest absolute Gasteiger partial charge is 0.328 e. The minimum Gasteiger partial charge on any atom is -0.351 e. The van der Waals surface area contributed by atoms with Crippen molar-refractivity contribution < 1.29 is 19.2 Å². The summed E-state index contributed by atoms with van der Waals surface area (Å²) >= 11 is 1.92. The minimum atomic E-state index is -1.14. The predicted octanol–water partition coefficient (Wildman–Crippen LogP) is 1.61. The molecule has 0 radical (unpaired) electrons. The Kier molecular flexibility index (Phi) is 5.54. The summed E-state index contributed by atoms with van der Waals surface area (Å²) in [4.78, 5) is 68.3. The maximum Gasteiger partial charge on any atom is 0.328 e. The number of hydrogen-bond acceptors (Lipinski definition) is 8. The fraction of sp³-hybridized carbons (Fsp3) is 0.182. The van der Waals surface area contributed by atoms with Gasteiger partial charge in [-0.2, -0.15) is 4.90 Å². The minimum absolute atomic E-state index is 0.272. The van der Waals surface area contributed by atoms with Crippen LogP contribution in [0.1, 0.15) is 16.4 Å². The van der Waals surface area contributed by atoms with Gasteiger partial charge in [-0.3, -0.25) is 28.7 Å². The molecule has 12 heteroatoms. The van der Waals surface area contributed by atoms with Crippen LogP contribution in [0, 0.1) is 5.92 Å². The van der Waals surface area contributed by atoms with Gasteiger partial charge < -0.3 is 11.1 Å². The number of thioether (sulfide) groups is 1. The van der Waals surface area contributed by atoms with Crippen LogP contribution in [0.25, 0.3) is 0 Å². The number of nitrogens with two attached hydrogens (primary N) is 1. The number of para-hydroxylation sites is 1. The molecule has 4 heterocycles. The Morgan fingerprint density at radius 3 is 2.50 bits per heavy atom. The number of urea groups is 1. The van der Waals surface area contributed by atoms with Crippen molar-refractivity contribution in [3.05, 3.63) is 75.0 Å². The molecule has 3 atom stereocenters. The summed E-state index contributed by atoms with van der Waals surface area (Å²) in [5, 5.41) is 2.19. The molecule has 0 aliphatic carbocycles. The first-order valence-electron chi connectivity index (χ1n) is 10.2. The van der Waals surface area contributed by atoms with Crippen LogP contribution in [0.4, 0.5) is 10.5 Å². The summed E-state index contributed by atoms with van der Waals surface area (Å²) in [6, 6.07) is 11.1. The lowest BCUT2D eigenvalue weighted by Gasteiger charge is -2.30. The van der Waals surface area contributed by atoms with E-state index in [1.165, 1.54) is 4.57 Å². The fourth-order valence-electron chi connectivity index (χ4n) is 4.26. The average Bonchev–Trinajstić information content (AvgIpc) is 3.26. The summed E-state index contributed by atoms with van der Waals surface area (Å²) in [6.45, 7) is -0.272. The lowest BCUT2D eigenvalue weighted by molar-refractivity contribution is -0.135. The molecule has 5 amide bonds. The van der Waals surface area contributed by atoms with E-state index in [-0.39, 0.29) is 11.4 Å². The number of nitrogens with one attached hydrogen (secondary N) is 1. The van der Waals surface area contributed by atoms with Crippen LogP contribution in [-0.4, -0.2) is 43.5 Å². The van der Waals surface area contributed by atoms with Crippen LogP contribution < -0.4 is 15.9 Å². The zero-order valence-corrected chi connectivity index (χ0v) is 19.0. The molecule has 10 nitrogen and oxygen atoms in total. The second kappa shape index (κ2) is 8.54. The zero-order chi connectivity index (χ0) is 24.0. The molecule has 0 bridgehead atoms. The Morgan fingerprint density at radius 1 is 1.06 bits per heavy atom. The number of benzene rings is 1. The van der Waals surface area contributed by atoms with Crippen LogP contribution in [0.2, 0.25) is 0 Å². The van der Waals surface area contributed by atoms with E-state index < -0.39 is 40.8 Å². The van der Waals surface area contributed by atoms with E-state index in [2.05, 4.69) is 10.3 Å². The Labute approximate surface area is 200 Å². The molecule has 2 aliphatic rings. The third-order valence-electron chi connectivity index (χ3n) is 5.67. The molecule has 3 N–H and O–H groups in total. The number of fused-ring (bicyclic) bond motifs is 2. The molecule has 1 fully saturated rings. The molecule has 2 aliphatic heterocycles. The number of anilines is 1. The molecule has 5 rings (SSSR count). The molecule has 2 unspecified atom stereocenters. The van der Waals surface area contributed by atoms with Gasteiger partial charge in [0, 0.05) is 28.9 Å². The van der Waals surface area contributed by atoms with Crippen LogP contribution in [0.5, 0.6) is 0 Å². The maximum atomic E-state index is 13.1. The number of imide groups is 3. The topological polar surface area (TPSA) is 144 Å². The van der Waals surface area contributed by atoms with Gasteiger partial charge in [0.1, 0.15) is 11.8 Å². The molecular weight excluding hydrogens is 478 g/mol. The van der Waals surface area contributed by atoms with E-state index >= 15 is 0 Å². The van der Waals surface area contributed by atoms with E-state index in [4.69, 9.17) is 5.73 Å². The van der Waals surface area contributed by atoms with E-state index in [1.807, 2.05) is 6.07 Å². The van der Waals surface area contributed by atoms with Crippen molar-refractivity contribution in [2.75, 3.05) is 5.32 Å². The first kappa shape index (κ1) is 22.0. The average molecular weight is 496 g/mol. The van der Waals surface area contributed by atoms with Crippen molar-refractivity contribution in [1.29, 1.82) is 0 Å². The lowest BCUT2D eigenvalue weighted by Crippen LogP contribution is -2.41. The summed E-state index contributed by atoms with van der Waals surface area (Å²) in [5.74, 6) is -3.46. The number of hydrogen-bond donors (Lipinski definition) is 2. The highest BCUT2D eigenvalue weighted by Gasteiger charge is 2.57. The number of thiazole rings is 1. The molecule has 0 spiro atoms. The van der Waals surface area contributed by atoms with Crippen LogP contribution in [-0.2, 0) is 20.9 Å². The lowest BCUT2D eigenvalue weighted by atomic mass is 9.84. The summed E-state index contributed by atoms with van der Waals surface area (Å²) in [7, 11) is 0. The van der Waals surface area contributed by atoms with E-state index in [1.54, 1.807) is 48.8 Å². The van der Waals surface area contributed by atoms with Crippen LogP contribution >= 0.6 is 23.1 Å². The quantitative estimate of drug-likeness (QED) is 0.523. The van der Waals surface area contributed by atoms with E-state index in [0.29, 0.717) is 26.1 Å². The van der Waals surface area contributed by atoms with E-state index in [9.17, 15) is 24.0 Å². The number of rotatable bonds is 4. The van der Waals surface area contributed by atoms with Gasteiger partial charge in [-0.1, -0.05) is 47.4 Å². The highest BCUT2D eigenvalue weighted by atomic mass is 32.2. The number of likely N-dealkylation sites (tertiary alicyclic amines) is 1. The molecule has 172 valence electrons. The van der Waals surface area contributed by atoms with Crippen molar-refractivity contribution >= 4 is 52.5 Å². The second-order valence-corrected chi connectivity index (χ2v) is 9.84. The van der Waals surface area contributed by atoms with Crippen molar-refractivity contribution in [3.8, 4) is 0 Å². The number of pyridine rings is 1. The monoisotopic (exact) mass is 495 g/mol. The summed E-state index contributed by atoms with van der Waals surface area (Å²) < 4.78 is 1.30. The maximum absolute atomic E-state index is 13.1. The SMILES string of the molecule is NC(=O)N1C(=O)C2Sc3c(sc(=O)n3CC(=O)Nc3ccccc3)[C@@H](c3cccnc3)C2C1=O. The van der Waals surface area contributed by atoms with Crippen molar-refractivity contribution in [2.24, 2.45) is 11.7 Å². The Hall–Kier alpha value is -3.77. The molecule has 1 saturated heterocycles. The number of amides is 5. The number of nitrogens with zero attached hydrogens (tertiary/aromatic N) is 3. The second-order valence-electron chi connectivity index (χ2n) is 7.72. The predicted molar refractivity (Wildman–Crippen MR) is 124 cm³/mol. The summed E-state index contributed by atoms with van der Waals surface area (Å²) in [5.41, 5.74) is 6.51. The standard InChI is InChI=1S/C22H17N5O5S2/c23-21(31)27-18(29)15-14(11-5-4-8-24-9-11)17-20(33-16(15)19(27)30)26(22(32)34-17)10-13(28)25-12-6-2-1-3-7-12/h1-9,14-16H,10H2,(H2,23,31)(H,25,28)/t14-,15?,16?/m0/s1. The van der Waals surface area contributed by atoms with Gasteiger partial charge in [0.2, 0.25) is 11.8 Å². The third kappa shape index (κ3) is 3.60. The highest BCUT2D eigenvalue weighted by molar-refractivity contribution is 8.00. The van der Waals surface area contributed by atoms with Gasteiger partial charge >= 0.3 is 10.9 Å². The van der Waals surface area contributed by atoms with Gasteiger partial charge in [-0.15, -0.1) is 0 Å². The highest BCUT2D eigenvalue weighted by Crippen LogP contribution is 2.53. The first-order chi connectivity index (χ1) is 16.4. The number of primary amides is 1. The summed E-state index contributed by atoms with van der Waals surface area (Å²) in [6.07, 6.45) is 3.13. The van der Waals surface area contributed by atoms with Gasteiger partial charge in [0.25, 0.3) is 5.91 Å². The van der Waals surface area contributed by atoms with E-state index in [0.717, 1.165) is 23.1 Å². The van der Waals surface area contributed by atoms with Crippen LogP contribution in [0.3, 0.4) is 0 Å². The number of aromatic nitrogens is 2. The van der Waals surface area contributed by atoms with Crippen molar-refractivity contribution in [2.45, 2.75) is 22.7 Å². The molecule has 0 saturated carbocycles. The Bertz CT molecular complexity index is 1370. The normalized spacial score (nSPS) is 21.2. The van der Waals surface area contributed by atoms with Crippen molar-refractivity contribution in [3.63, 3.8) is 0 Å².